The fourth-order valence-electron chi connectivity index (χ4n) is 1.85. The predicted octanol–water partition coefficient (Wildman–Crippen LogP) is 3.25. The molecule has 20 heavy (non-hydrogen) atoms. The van der Waals surface area contributed by atoms with Gasteiger partial charge in [-0.25, -0.2) is 0 Å². The van der Waals surface area contributed by atoms with Gasteiger partial charge in [-0.15, -0.1) is 0 Å². The lowest BCUT2D eigenvalue weighted by Gasteiger charge is -1.97. The van der Waals surface area contributed by atoms with Gasteiger partial charge < -0.3 is 14.2 Å². The van der Waals surface area contributed by atoms with Gasteiger partial charge in [0.15, 0.2) is 5.58 Å². The molecule has 1 aromatic carbocycles. The van der Waals surface area contributed by atoms with Crippen LogP contribution in [0.1, 0.15) is 11.5 Å². The quantitative estimate of drug-likeness (QED) is 0.579. The maximum Gasteiger partial charge on any atom is 0.296 e. The summed E-state index contributed by atoms with van der Waals surface area (Å²) in [5.41, 5.74) is 0.921. The summed E-state index contributed by atoms with van der Waals surface area (Å²) in [6.07, 6.45) is 0. The lowest BCUT2D eigenvalue weighted by molar-refractivity contribution is -0.384. The molecule has 0 saturated carbocycles. The van der Waals surface area contributed by atoms with Crippen LogP contribution in [0.2, 0.25) is 0 Å². The summed E-state index contributed by atoms with van der Waals surface area (Å²) >= 11 is 0. The van der Waals surface area contributed by atoms with E-state index < -0.39 is 4.92 Å². The second kappa shape index (κ2) is 4.69. The maximum absolute atomic E-state index is 10.7. The highest BCUT2D eigenvalue weighted by molar-refractivity contribution is 5.77. The van der Waals surface area contributed by atoms with Crippen LogP contribution in [0.5, 0.6) is 0 Å². The van der Waals surface area contributed by atoms with Crippen molar-refractivity contribution in [3.05, 3.63) is 52.0 Å². The second-order valence-electron chi connectivity index (χ2n) is 4.29. The number of fused-ring (bicyclic) bond motifs is 1. The predicted molar refractivity (Wildman–Crippen MR) is 71.4 cm³/mol. The van der Waals surface area contributed by atoms with Gasteiger partial charge in [0, 0.05) is 12.1 Å². The zero-order valence-electron chi connectivity index (χ0n) is 10.6. The van der Waals surface area contributed by atoms with Gasteiger partial charge in [0.1, 0.15) is 17.0 Å². The monoisotopic (exact) mass is 273 g/mol. The van der Waals surface area contributed by atoms with Crippen LogP contribution < -0.4 is 5.32 Å². The van der Waals surface area contributed by atoms with Crippen molar-refractivity contribution in [3.63, 3.8) is 0 Å². The first-order valence-electron chi connectivity index (χ1n) is 5.96. The Morgan fingerprint density at radius 3 is 2.85 bits per heavy atom. The summed E-state index contributed by atoms with van der Waals surface area (Å²) in [5, 5.41) is 13.7. The minimum absolute atomic E-state index is 0.0148. The number of hydrogen-bond acceptors (Lipinski definition) is 6. The van der Waals surface area contributed by atoms with Gasteiger partial charge >= 0.3 is 0 Å². The Morgan fingerprint density at radius 1 is 1.30 bits per heavy atom. The standard InChI is InChI=1S/C13H11N3O4/c1-8-2-4-10(19-8)7-14-13-15-11-6-9(16(17)18)3-5-12(11)20-13/h2-6H,7H2,1H3,(H,14,15). The Morgan fingerprint density at radius 2 is 2.15 bits per heavy atom. The second-order valence-corrected chi connectivity index (χ2v) is 4.29. The SMILES string of the molecule is Cc1ccc(CNc2nc3cc([N+](=O)[O-])ccc3o2)o1. The summed E-state index contributed by atoms with van der Waals surface area (Å²) in [5.74, 6) is 1.59. The van der Waals surface area contributed by atoms with E-state index in [0.29, 0.717) is 23.7 Å². The van der Waals surface area contributed by atoms with Crippen molar-refractivity contribution in [2.24, 2.45) is 0 Å². The van der Waals surface area contributed by atoms with E-state index in [1.807, 2.05) is 19.1 Å². The van der Waals surface area contributed by atoms with Crippen molar-refractivity contribution in [2.45, 2.75) is 13.5 Å². The summed E-state index contributed by atoms with van der Waals surface area (Å²) < 4.78 is 10.9. The zero-order chi connectivity index (χ0) is 14.1. The molecular formula is C13H11N3O4. The number of benzene rings is 1. The first kappa shape index (κ1) is 12.2. The Balaban J connectivity index is 1.80. The maximum atomic E-state index is 10.7. The number of nitro groups is 1. The highest BCUT2D eigenvalue weighted by atomic mass is 16.6. The summed E-state index contributed by atoms with van der Waals surface area (Å²) in [6.45, 7) is 2.30. The molecule has 2 heterocycles. The Hall–Kier alpha value is -2.83. The number of non-ortho nitro benzene ring substituents is 1. The molecule has 0 bridgehead atoms. The number of hydrogen-bond donors (Lipinski definition) is 1. The number of rotatable bonds is 4. The van der Waals surface area contributed by atoms with Crippen LogP contribution in [0.15, 0.2) is 39.2 Å². The number of aromatic nitrogens is 1. The molecule has 0 atom stereocenters. The molecule has 0 radical (unpaired) electrons. The molecule has 102 valence electrons. The van der Waals surface area contributed by atoms with Gasteiger partial charge in [0.25, 0.3) is 11.7 Å². The van der Waals surface area contributed by atoms with Crippen LogP contribution in [-0.2, 0) is 6.54 Å². The summed E-state index contributed by atoms with van der Waals surface area (Å²) in [6, 6.07) is 8.31. The number of aryl methyl sites for hydroxylation is 1. The number of nitrogens with zero attached hydrogens (tertiary/aromatic N) is 2. The van der Waals surface area contributed by atoms with Gasteiger partial charge in [-0.3, -0.25) is 10.1 Å². The Bertz CT molecular complexity index is 775. The molecule has 0 aliphatic carbocycles. The van der Waals surface area contributed by atoms with Gasteiger partial charge in [0.05, 0.1) is 11.5 Å². The van der Waals surface area contributed by atoms with Crippen molar-refractivity contribution >= 4 is 22.8 Å². The number of furan rings is 1. The molecule has 2 aromatic heterocycles. The number of nitro benzene ring substituents is 1. The van der Waals surface area contributed by atoms with Crippen LogP contribution in [-0.4, -0.2) is 9.91 Å². The van der Waals surface area contributed by atoms with Gasteiger partial charge in [-0.05, 0) is 25.1 Å². The normalized spacial score (nSPS) is 10.8. The third-order valence-corrected chi connectivity index (χ3v) is 2.79. The lowest BCUT2D eigenvalue weighted by Crippen LogP contribution is -1.97. The number of oxazole rings is 1. The van der Waals surface area contributed by atoms with Crippen LogP contribution in [0.25, 0.3) is 11.1 Å². The van der Waals surface area contributed by atoms with Crippen LogP contribution in [0.4, 0.5) is 11.7 Å². The van der Waals surface area contributed by atoms with Gasteiger partial charge in [0.2, 0.25) is 0 Å². The summed E-state index contributed by atoms with van der Waals surface area (Å²) in [4.78, 5) is 14.4. The molecule has 0 aliphatic heterocycles. The van der Waals surface area contributed by atoms with E-state index in [2.05, 4.69) is 10.3 Å². The van der Waals surface area contributed by atoms with E-state index in [1.165, 1.54) is 18.2 Å². The fourth-order valence-corrected chi connectivity index (χ4v) is 1.85. The third-order valence-electron chi connectivity index (χ3n) is 2.79. The van der Waals surface area contributed by atoms with Crippen molar-refractivity contribution in [3.8, 4) is 0 Å². The molecule has 0 aliphatic rings. The Kier molecular flexibility index (Phi) is 2.86. The molecule has 3 aromatic rings. The number of anilines is 1. The summed E-state index contributed by atoms with van der Waals surface area (Å²) in [7, 11) is 0. The Labute approximate surface area is 113 Å². The molecular weight excluding hydrogens is 262 g/mol. The van der Waals surface area contributed by atoms with E-state index in [-0.39, 0.29) is 5.69 Å². The minimum Gasteiger partial charge on any atom is -0.465 e. The molecule has 0 unspecified atom stereocenters. The molecule has 3 rings (SSSR count). The molecule has 0 amide bonds. The zero-order valence-corrected chi connectivity index (χ0v) is 10.6. The largest absolute Gasteiger partial charge is 0.465 e. The molecule has 7 nitrogen and oxygen atoms in total. The molecule has 0 saturated heterocycles. The minimum atomic E-state index is -0.465. The average molecular weight is 273 g/mol. The number of nitrogens with one attached hydrogen (secondary N) is 1. The van der Waals surface area contributed by atoms with E-state index in [4.69, 9.17) is 8.83 Å². The first-order valence-corrected chi connectivity index (χ1v) is 5.96. The van der Waals surface area contributed by atoms with Crippen molar-refractivity contribution in [1.29, 1.82) is 0 Å². The van der Waals surface area contributed by atoms with Crippen molar-refractivity contribution in [1.82, 2.24) is 4.98 Å². The van der Waals surface area contributed by atoms with Gasteiger partial charge in [-0.1, -0.05) is 0 Å². The first-order chi connectivity index (χ1) is 9.61. The van der Waals surface area contributed by atoms with Crippen molar-refractivity contribution < 1.29 is 13.8 Å². The van der Waals surface area contributed by atoms with Gasteiger partial charge in [-0.2, -0.15) is 4.98 Å². The topological polar surface area (TPSA) is 94.3 Å². The molecule has 0 fully saturated rings. The fraction of sp³-hybridized carbons (Fsp3) is 0.154. The molecule has 0 spiro atoms. The van der Waals surface area contributed by atoms with Crippen LogP contribution >= 0.6 is 0 Å². The van der Waals surface area contributed by atoms with Crippen LogP contribution in [0.3, 0.4) is 0 Å². The smallest absolute Gasteiger partial charge is 0.296 e. The lowest BCUT2D eigenvalue weighted by atomic mass is 10.3. The van der Waals surface area contributed by atoms with Crippen molar-refractivity contribution in [2.75, 3.05) is 5.32 Å². The highest BCUT2D eigenvalue weighted by Gasteiger charge is 2.11. The average Bonchev–Trinajstić information content (AvgIpc) is 3.00. The third kappa shape index (κ3) is 2.33. The highest BCUT2D eigenvalue weighted by Crippen LogP contribution is 2.23. The molecule has 7 heteroatoms. The molecule has 1 N–H and O–H groups in total. The van der Waals surface area contributed by atoms with Crippen LogP contribution in [0, 0.1) is 17.0 Å². The van der Waals surface area contributed by atoms with E-state index in [1.54, 1.807) is 0 Å². The van der Waals surface area contributed by atoms with E-state index >= 15 is 0 Å². The van der Waals surface area contributed by atoms with E-state index in [9.17, 15) is 10.1 Å². The van der Waals surface area contributed by atoms with E-state index in [0.717, 1.165) is 11.5 Å².